The third-order valence-electron chi connectivity index (χ3n) is 7.89. The van der Waals surface area contributed by atoms with Gasteiger partial charge in [-0.05, 0) is 53.7 Å². The molecular formula is C32H40N4O3. The van der Waals surface area contributed by atoms with E-state index in [9.17, 15) is 14.4 Å². The van der Waals surface area contributed by atoms with Crippen LogP contribution in [0, 0.1) is 5.92 Å². The van der Waals surface area contributed by atoms with Crippen molar-refractivity contribution >= 4 is 28.5 Å². The Balaban J connectivity index is 1.61. The minimum atomic E-state index is -0.733. The molecule has 2 N–H and O–H groups in total. The Hall–Kier alpha value is -3.71. The zero-order valence-electron chi connectivity index (χ0n) is 23.2. The lowest BCUT2D eigenvalue weighted by molar-refractivity contribution is -0.147. The van der Waals surface area contributed by atoms with E-state index in [4.69, 9.17) is 0 Å². The van der Waals surface area contributed by atoms with Gasteiger partial charge in [0.2, 0.25) is 17.7 Å². The summed E-state index contributed by atoms with van der Waals surface area (Å²) in [5, 5.41) is 8.30. The molecule has 3 amide bonds. The predicted octanol–water partition coefficient (Wildman–Crippen LogP) is 3.41. The quantitative estimate of drug-likeness (QED) is 0.423. The lowest BCUT2D eigenvalue weighted by Crippen LogP contribution is -2.56. The van der Waals surface area contributed by atoms with Crippen LogP contribution in [0.3, 0.4) is 0 Å². The van der Waals surface area contributed by atoms with Gasteiger partial charge in [0, 0.05) is 40.4 Å². The number of piperidine rings is 1. The molecule has 0 aromatic heterocycles. The summed E-state index contributed by atoms with van der Waals surface area (Å²) in [5.74, 6) is -0.262. The van der Waals surface area contributed by atoms with E-state index in [1.54, 1.807) is 26.0 Å². The maximum atomic E-state index is 14.1. The van der Waals surface area contributed by atoms with Crippen molar-refractivity contribution in [3.63, 3.8) is 0 Å². The van der Waals surface area contributed by atoms with Crippen molar-refractivity contribution in [2.75, 3.05) is 34.2 Å². The van der Waals surface area contributed by atoms with Gasteiger partial charge in [-0.1, -0.05) is 72.8 Å². The van der Waals surface area contributed by atoms with Gasteiger partial charge in [0.05, 0.1) is 0 Å². The van der Waals surface area contributed by atoms with E-state index in [0.29, 0.717) is 19.3 Å². The van der Waals surface area contributed by atoms with Crippen LogP contribution in [-0.4, -0.2) is 73.8 Å². The average molecular weight is 529 g/mol. The van der Waals surface area contributed by atoms with Crippen molar-refractivity contribution in [2.24, 2.45) is 5.92 Å². The minimum absolute atomic E-state index is 0.0456. The van der Waals surface area contributed by atoms with Crippen LogP contribution in [0.2, 0.25) is 0 Å². The van der Waals surface area contributed by atoms with Crippen LogP contribution in [0.15, 0.2) is 72.8 Å². The molecular weight excluding hydrogens is 488 g/mol. The number of fused-ring (bicyclic) bond motifs is 1. The first-order valence-electron chi connectivity index (χ1n) is 13.8. The third-order valence-corrected chi connectivity index (χ3v) is 7.89. The Morgan fingerprint density at radius 3 is 2.26 bits per heavy atom. The molecule has 0 saturated carbocycles. The molecule has 3 aromatic rings. The van der Waals surface area contributed by atoms with E-state index in [1.807, 2.05) is 60.7 Å². The summed E-state index contributed by atoms with van der Waals surface area (Å²) in [7, 11) is 4.98. The van der Waals surface area contributed by atoms with E-state index >= 15 is 0 Å². The highest BCUT2D eigenvalue weighted by molar-refractivity contribution is 5.92. The summed E-state index contributed by atoms with van der Waals surface area (Å²) < 4.78 is 0. The number of carbonyl (C=O) groups is 3. The van der Waals surface area contributed by atoms with E-state index in [2.05, 4.69) is 22.8 Å². The third kappa shape index (κ3) is 7.24. The van der Waals surface area contributed by atoms with Gasteiger partial charge in [-0.3, -0.25) is 14.4 Å². The molecule has 39 heavy (non-hydrogen) atoms. The topological polar surface area (TPSA) is 81.8 Å². The lowest BCUT2D eigenvalue weighted by Gasteiger charge is -2.35. The molecule has 1 aliphatic rings. The van der Waals surface area contributed by atoms with Crippen LogP contribution in [0.25, 0.3) is 10.8 Å². The Kier molecular flexibility index (Phi) is 9.71. The summed E-state index contributed by atoms with van der Waals surface area (Å²) in [5.41, 5.74) is 1.94. The normalized spacial score (nSPS) is 16.7. The summed E-state index contributed by atoms with van der Waals surface area (Å²) in [4.78, 5) is 43.7. The molecule has 4 rings (SSSR count). The molecule has 1 heterocycles. The van der Waals surface area contributed by atoms with Crippen LogP contribution < -0.4 is 10.6 Å². The number of amides is 3. The molecule has 0 spiro atoms. The first-order chi connectivity index (χ1) is 18.9. The van der Waals surface area contributed by atoms with Gasteiger partial charge < -0.3 is 20.4 Å². The predicted molar refractivity (Wildman–Crippen MR) is 155 cm³/mol. The summed E-state index contributed by atoms with van der Waals surface area (Å²) >= 11 is 0. The standard InChI is InChI=1S/C32H40N4O3/c1-33-31(38)28(19-23-10-5-4-6-11-23)36(3)32(39)29(35(2)30(37)21-25-12-9-17-34-22-25)20-24-15-16-26-13-7-8-14-27(26)18-24/h4-8,10-11,13-16,18,25,28-29,34H,9,12,17,19-22H2,1-3H3,(H,33,38)/t25-,28+,29+/m0/s1. The molecule has 1 fully saturated rings. The first-order valence-corrected chi connectivity index (χ1v) is 13.8. The number of likely N-dealkylation sites (N-methyl/N-ethyl adjacent to an activating group) is 3. The van der Waals surface area contributed by atoms with Gasteiger partial charge in [-0.25, -0.2) is 0 Å². The molecule has 7 nitrogen and oxygen atoms in total. The molecule has 3 aromatic carbocycles. The zero-order chi connectivity index (χ0) is 27.8. The SMILES string of the molecule is CNC(=O)[C@@H](Cc1ccccc1)N(C)C(=O)[C@@H](Cc1ccc2ccccc2c1)N(C)C(=O)C[C@@H]1CCCNC1. The van der Waals surface area contributed by atoms with Gasteiger partial charge in [-0.15, -0.1) is 0 Å². The number of rotatable bonds is 10. The number of nitrogens with zero attached hydrogens (tertiary/aromatic N) is 2. The molecule has 3 atom stereocenters. The van der Waals surface area contributed by atoms with E-state index in [-0.39, 0.29) is 23.6 Å². The second kappa shape index (κ2) is 13.4. The molecule has 0 unspecified atom stereocenters. The average Bonchev–Trinajstić information content (AvgIpc) is 2.98. The fourth-order valence-corrected chi connectivity index (χ4v) is 5.44. The van der Waals surface area contributed by atoms with Crippen LogP contribution in [-0.2, 0) is 27.2 Å². The Bertz CT molecular complexity index is 1270. The van der Waals surface area contributed by atoms with E-state index in [0.717, 1.165) is 47.8 Å². The number of hydrogen-bond acceptors (Lipinski definition) is 4. The second-order valence-corrected chi connectivity index (χ2v) is 10.6. The number of benzene rings is 3. The van der Waals surface area contributed by atoms with Crippen molar-refractivity contribution in [1.29, 1.82) is 0 Å². The van der Waals surface area contributed by atoms with Crippen LogP contribution >= 0.6 is 0 Å². The number of hydrogen-bond donors (Lipinski definition) is 2. The van der Waals surface area contributed by atoms with Crippen LogP contribution in [0.5, 0.6) is 0 Å². The maximum Gasteiger partial charge on any atom is 0.246 e. The lowest BCUT2D eigenvalue weighted by atomic mass is 9.94. The molecule has 0 bridgehead atoms. The summed E-state index contributed by atoms with van der Waals surface area (Å²) in [6, 6.07) is 22.5. The van der Waals surface area contributed by atoms with Gasteiger partial charge in [0.15, 0.2) is 0 Å². The highest BCUT2D eigenvalue weighted by Gasteiger charge is 2.35. The van der Waals surface area contributed by atoms with E-state index in [1.165, 1.54) is 4.90 Å². The first kappa shape index (κ1) is 28.3. The van der Waals surface area contributed by atoms with Gasteiger partial charge in [-0.2, -0.15) is 0 Å². The fraction of sp³-hybridized carbons (Fsp3) is 0.406. The van der Waals surface area contributed by atoms with Crippen molar-refractivity contribution in [2.45, 2.75) is 44.2 Å². The molecule has 0 aliphatic carbocycles. The van der Waals surface area contributed by atoms with Crippen molar-refractivity contribution in [1.82, 2.24) is 20.4 Å². The molecule has 0 radical (unpaired) electrons. The van der Waals surface area contributed by atoms with E-state index < -0.39 is 12.1 Å². The Labute approximate surface area is 231 Å². The largest absolute Gasteiger partial charge is 0.357 e. The molecule has 1 saturated heterocycles. The highest BCUT2D eigenvalue weighted by Crippen LogP contribution is 2.22. The molecule has 7 heteroatoms. The van der Waals surface area contributed by atoms with Crippen molar-refractivity contribution in [3.05, 3.63) is 83.9 Å². The van der Waals surface area contributed by atoms with Gasteiger partial charge >= 0.3 is 0 Å². The van der Waals surface area contributed by atoms with Gasteiger partial charge in [0.25, 0.3) is 0 Å². The number of nitrogens with one attached hydrogen (secondary N) is 2. The zero-order valence-corrected chi connectivity index (χ0v) is 23.2. The molecule has 1 aliphatic heterocycles. The number of carbonyl (C=O) groups excluding carboxylic acids is 3. The highest BCUT2D eigenvalue weighted by atomic mass is 16.2. The fourth-order valence-electron chi connectivity index (χ4n) is 5.44. The Morgan fingerprint density at radius 2 is 1.56 bits per heavy atom. The van der Waals surface area contributed by atoms with Gasteiger partial charge in [0.1, 0.15) is 12.1 Å². The minimum Gasteiger partial charge on any atom is -0.357 e. The monoisotopic (exact) mass is 528 g/mol. The maximum absolute atomic E-state index is 14.1. The van der Waals surface area contributed by atoms with Crippen LogP contribution in [0.1, 0.15) is 30.4 Å². The molecule has 206 valence electrons. The van der Waals surface area contributed by atoms with Crippen molar-refractivity contribution < 1.29 is 14.4 Å². The smallest absolute Gasteiger partial charge is 0.246 e. The summed E-state index contributed by atoms with van der Waals surface area (Å²) in [6.45, 7) is 1.80. The Morgan fingerprint density at radius 1 is 0.872 bits per heavy atom. The van der Waals surface area contributed by atoms with Crippen molar-refractivity contribution in [3.8, 4) is 0 Å². The summed E-state index contributed by atoms with van der Waals surface area (Å²) in [6.07, 6.45) is 3.21. The second-order valence-electron chi connectivity index (χ2n) is 10.6. The van der Waals surface area contributed by atoms with Crippen LogP contribution in [0.4, 0.5) is 0 Å².